The summed E-state index contributed by atoms with van der Waals surface area (Å²) >= 11 is 0. The van der Waals surface area contributed by atoms with E-state index < -0.39 is 24.0 Å². The van der Waals surface area contributed by atoms with Crippen LogP contribution in [-0.2, 0) is 9.53 Å². The summed E-state index contributed by atoms with van der Waals surface area (Å²) in [7, 11) is 0. The van der Waals surface area contributed by atoms with Crippen molar-refractivity contribution in [1.82, 2.24) is 10.3 Å². The summed E-state index contributed by atoms with van der Waals surface area (Å²) in [6.45, 7) is 1.41. The van der Waals surface area contributed by atoms with E-state index in [0.29, 0.717) is 0 Å². The smallest absolute Gasteiger partial charge is 0.344 e. The van der Waals surface area contributed by atoms with E-state index in [1.807, 2.05) is 49.4 Å². The molecule has 3 rings (SSSR count). The third-order valence-electron chi connectivity index (χ3n) is 4.04. The molecule has 1 amide bonds. The molecule has 0 saturated heterocycles. The van der Waals surface area contributed by atoms with Crippen LogP contribution in [0.1, 0.15) is 28.9 Å². The predicted octanol–water partition coefficient (Wildman–Crippen LogP) is 2.56. The van der Waals surface area contributed by atoms with Crippen LogP contribution in [0, 0.1) is 0 Å². The Balaban J connectivity index is 1.63. The van der Waals surface area contributed by atoms with Crippen molar-refractivity contribution < 1.29 is 14.3 Å². The van der Waals surface area contributed by atoms with E-state index in [0.717, 1.165) is 16.3 Å². The molecule has 0 saturated carbocycles. The van der Waals surface area contributed by atoms with Crippen LogP contribution in [0.25, 0.3) is 10.8 Å². The summed E-state index contributed by atoms with van der Waals surface area (Å²) in [6, 6.07) is 16.4. The second-order valence-electron chi connectivity index (χ2n) is 5.85. The molecule has 0 aliphatic rings. The zero-order valence-electron chi connectivity index (χ0n) is 14.2. The van der Waals surface area contributed by atoms with Crippen LogP contribution >= 0.6 is 0 Å². The van der Waals surface area contributed by atoms with Crippen molar-refractivity contribution >= 4 is 22.6 Å². The van der Waals surface area contributed by atoms with Crippen molar-refractivity contribution in [3.8, 4) is 0 Å². The summed E-state index contributed by atoms with van der Waals surface area (Å²) in [4.78, 5) is 37.9. The second-order valence-corrected chi connectivity index (χ2v) is 5.85. The van der Waals surface area contributed by atoms with Gasteiger partial charge >= 0.3 is 5.97 Å². The number of H-pyrrole nitrogens is 1. The Kier molecular flexibility index (Phi) is 5.12. The number of ether oxygens (including phenoxy) is 1. The summed E-state index contributed by atoms with van der Waals surface area (Å²) in [5.74, 6) is -1.27. The number of hydrogen-bond donors (Lipinski definition) is 2. The number of benzene rings is 2. The highest BCUT2D eigenvalue weighted by Crippen LogP contribution is 2.23. The molecule has 26 heavy (non-hydrogen) atoms. The van der Waals surface area contributed by atoms with Gasteiger partial charge in [0, 0.05) is 6.20 Å². The highest BCUT2D eigenvalue weighted by molar-refractivity contribution is 5.91. The molecule has 0 fully saturated rings. The number of carbonyl (C=O) groups excluding carboxylic acids is 2. The SMILES string of the molecule is C[C@H](NC(=O)COC(=O)c1ccc[nH]c1=O)c1cccc2ccccc12. The molecule has 6 nitrogen and oxygen atoms in total. The van der Waals surface area contributed by atoms with Crippen LogP contribution in [0.4, 0.5) is 0 Å². The molecule has 0 radical (unpaired) electrons. The highest BCUT2D eigenvalue weighted by Gasteiger charge is 2.16. The van der Waals surface area contributed by atoms with Gasteiger partial charge in [0.15, 0.2) is 6.61 Å². The van der Waals surface area contributed by atoms with Crippen LogP contribution in [0.2, 0.25) is 0 Å². The van der Waals surface area contributed by atoms with Crippen molar-refractivity contribution in [3.63, 3.8) is 0 Å². The maximum Gasteiger partial charge on any atom is 0.344 e. The lowest BCUT2D eigenvalue weighted by Gasteiger charge is -2.16. The van der Waals surface area contributed by atoms with Gasteiger partial charge < -0.3 is 15.0 Å². The Hall–Kier alpha value is -3.41. The van der Waals surface area contributed by atoms with E-state index in [9.17, 15) is 14.4 Å². The summed E-state index contributed by atoms with van der Waals surface area (Å²) in [5.41, 5.74) is 0.284. The van der Waals surface area contributed by atoms with Gasteiger partial charge in [-0.25, -0.2) is 4.79 Å². The van der Waals surface area contributed by atoms with Crippen LogP contribution < -0.4 is 10.9 Å². The first-order valence-corrected chi connectivity index (χ1v) is 8.18. The maximum atomic E-state index is 12.1. The molecule has 2 N–H and O–H groups in total. The van der Waals surface area contributed by atoms with Crippen molar-refractivity contribution in [2.24, 2.45) is 0 Å². The lowest BCUT2D eigenvalue weighted by Crippen LogP contribution is -2.32. The normalized spacial score (nSPS) is 11.7. The number of aromatic nitrogens is 1. The molecule has 1 heterocycles. The topological polar surface area (TPSA) is 88.3 Å². The Morgan fingerprint density at radius 2 is 1.85 bits per heavy atom. The minimum Gasteiger partial charge on any atom is -0.452 e. The van der Waals surface area contributed by atoms with Gasteiger partial charge in [-0.15, -0.1) is 0 Å². The van der Waals surface area contributed by atoms with E-state index >= 15 is 0 Å². The minimum absolute atomic E-state index is 0.137. The van der Waals surface area contributed by atoms with Crippen LogP contribution in [0.15, 0.2) is 65.6 Å². The van der Waals surface area contributed by atoms with Crippen LogP contribution in [0.5, 0.6) is 0 Å². The van der Waals surface area contributed by atoms with Crippen molar-refractivity contribution in [2.45, 2.75) is 13.0 Å². The van der Waals surface area contributed by atoms with Crippen LogP contribution in [-0.4, -0.2) is 23.5 Å². The van der Waals surface area contributed by atoms with Gasteiger partial charge in [0.25, 0.3) is 11.5 Å². The first-order valence-electron chi connectivity index (χ1n) is 8.18. The average Bonchev–Trinajstić information content (AvgIpc) is 2.66. The minimum atomic E-state index is -0.834. The first kappa shape index (κ1) is 17.4. The standard InChI is InChI=1S/C20H18N2O4/c1-13(15-9-4-7-14-6-2-3-8-16(14)15)22-18(23)12-26-20(25)17-10-5-11-21-19(17)24/h2-11,13H,12H2,1H3,(H,21,24)(H,22,23)/t13-/m0/s1. The van der Waals surface area contributed by atoms with Gasteiger partial charge in [0.1, 0.15) is 5.56 Å². The van der Waals surface area contributed by atoms with E-state index in [-0.39, 0.29) is 11.6 Å². The van der Waals surface area contributed by atoms with Gasteiger partial charge in [0.2, 0.25) is 0 Å². The van der Waals surface area contributed by atoms with Gasteiger partial charge in [-0.2, -0.15) is 0 Å². The molecule has 1 aromatic heterocycles. The molecule has 0 aliphatic heterocycles. The summed E-state index contributed by atoms with van der Waals surface area (Å²) in [5, 5.41) is 4.94. The van der Waals surface area contributed by atoms with E-state index in [4.69, 9.17) is 4.74 Å². The highest BCUT2D eigenvalue weighted by atomic mass is 16.5. The Bertz CT molecular complexity index is 1000. The molecular formula is C20H18N2O4. The van der Waals surface area contributed by atoms with E-state index in [1.165, 1.54) is 18.3 Å². The molecule has 1 atom stereocenters. The molecule has 0 unspecified atom stereocenters. The number of nitrogens with one attached hydrogen (secondary N) is 2. The largest absolute Gasteiger partial charge is 0.452 e. The third kappa shape index (κ3) is 3.80. The fourth-order valence-electron chi connectivity index (χ4n) is 2.78. The zero-order valence-corrected chi connectivity index (χ0v) is 14.2. The Morgan fingerprint density at radius 1 is 1.08 bits per heavy atom. The van der Waals surface area contributed by atoms with Gasteiger partial charge in [-0.05, 0) is 35.4 Å². The monoisotopic (exact) mass is 350 g/mol. The van der Waals surface area contributed by atoms with Crippen molar-refractivity contribution in [1.29, 1.82) is 0 Å². The number of hydrogen-bond acceptors (Lipinski definition) is 4. The molecule has 3 aromatic rings. The zero-order chi connectivity index (χ0) is 18.5. The van der Waals surface area contributed by atoms with Crippen LogP contribution in [0.3, 0.4) is 0 Å². The average molecular weight is 350 g/mol. The molecule has 132 valence electrons. The van der Waals surface area contributed by atoms with Crippen molar-refractivity contribution in [3.05, 3.63) is 82.3 Å². The quantitative estimate of drug-likeness (QED) is 0.692. The second kappa shape index (κ2) is 7.65. The Labute approximate surface area is 149 Å². The first-order chi connectivity index (χ1) is 12.6. The lowest BCUT2D eigenvalue weighted by molar-refractivity contribution is -0.124. The summed E-state index contributed by atoms with van der Waals surface area (Å²) in [6.07, 6.45) is 1.41. The molecule has 6 heteroatoms. The van der Waals surface area contributed by atoms with Gasteiger partial charge in [-0.1, -0.05) is 42.5 Å². The maximum absolute atomic E-state index is 12.1. The number of amides is 1. The number of esters is 1. The van der Waals surface area contributed by atoms with Gasteiger partial charge in [0.05, 0.1) is 6.04 Å². The van der Waals surface area contributed by atoms with Crippen molar-refractivity contribution in [2.75, 3.05) is 6.61 Å². The fraction of sp³-hybridized carbons (Fsp3) is 0.150. The summed E-state index contributed by atoms with van der Waals surface area (Å²) < 4.78 is 4.92. The number of pyridine rings is 1. The fourth-order valence-corrected chi connectivity index (χ4v) is 2.78. The molecule has 0 bridgehead atoms. The Morgan fingerprint density at radius 3 is 2.65 bits per heavy atom. The number of fused-ring (bicyclic) bond motifs is 1. The van der Waals surface area contributed by atoms with E-state index in [2.05, 4.69) is 10.3 Å². The predicted molar refractivity (Wildman–Crippen MR) is 97.9 cm³/mol. The number of rotatable bonds is 5. The number of carbonyl (C=O) groups is 2. The molecule has 2 aromatic carbocycles. The third-order valence-corrected chi connectivity index (χ3v) is 4.04. The molecule has 0 aliphatic carbocycles. The molecule has 0 spiro atoms. The lowest BCUT2D eigenvalue weighted by atomic mass is 10.00. The number of aromatic amines is 1. The van der Waals surface area contributed by atoms with Gasteiger partial charge in [-0.3, -0.25) is 9.59 Å². The molecular weight excluding hydrogens is 332 g/mol. The van der Waals surface area contributed by atoms with E-state index in [1.54, 1.807) is 0 Å².